The van der Waals surface area contributed by atoms with E-state index >= 15 is 0 Å². The number of rotatable bonds is 6. The number of aromatic nitrogens is 1. The minimum Gasteiger partial charge on any atom is -0.496 e. The van der Waals surface area contributed by atoms with E-state index in [1.54, 1.807) is 7.11 Å². The molecule has 0 bridgehead atoms. The van der Waals surface area contributed by atoms with Crippen molar-refractivity contribution in [1.82, 2.24) is 9.88 Å². The Morgan fingerprint density at radius 3 is 2.40 bits per heavy atom. The van der Waals surface area contributed by atoms with Crippen LogP contribution in [0.1, 0.15) is 47.8 Å². The van der Waals surface area contributed by atoms with Crippen LogP contribution >= 0.6 is 0 Å². The van der Waals surface area contributed by atoms with Gasteiger partial charge in [-0.25, -0.2) is 0 Å². The van der Waals surface area contributed by atoms with Crippen molar-refractivity contribution in [2.75, 3.05) is 20.3 Å². The lowest BCUT2D eigenvalue weighted by atomic mass is 9.96. The van der Waals surface area contributed by atoms with Crippen LogP contribution in [-0.2, 0) is 6.54 Å². The predicted molar refractivity (Wildman–Crippen MR) is 119 cm³/mol. The van der Waals surface area contributed by atoms with Crippen molar-refractivity contribution in [3.05, 3.63) is 70.5 Å². The maximum absolute atomic E-state index is 5.89. The van der Waals surface area contributed by atoms with Gasteiger partial charge in [0.15, 0.2) is 11.5 Å². The lowest BCUT2D eigenvalue weighted by Crippen LogP contribution is -2.22. The normalized spacial score (nSPS) is 15.2. The van der Waals surface area contributed by atoms with Crippen LogP contribution in [0.4, 0.5) is 0 Å². The summed E-state index contributed by atoms with van der Waals surface area (Å²) >= 11 is 0. The van der Waals surface area contributed by atoms with Gasteiger partial charge in [-0.3, -0.25) is 0 Å². The predicted octanol–water partition coefficient (Wildman–Crippen LogP) is 5.09. The molecule has 158 valence electrons. The first-order valence-corrected chi connectivity index (χ1v) is 10.6. The SMILES string of the molecule is CCOc1cc2c(cc1OCC)-n1cccc1[C@H](c1cc(C)c(OC)cc1C)NC2. The van der Waals surface area contributed by atoms with Crippen molar-refractivity contribution in [3.8, 4) is 22.9 Å². The monoisotopic (exact) mass is 406 g/mol. The molecule has 1 aliphatic rings. The molecule has 0 saturated heterocycles. The van der Waals surface area contributed by atoms with Crippen molar-refractivity contribution in [1.29, 1.82) is 0 Å². The number of fused-ring (bicyclic) bond motifs is 3. The summed E-state index contributed by atoms with van der Waals surface area (Å²) < 4.78 is 19.5. The zero-order valence-electron chi connectivity index (χ0n) is 18.4. The standard InChI is InChI=1S/C25H30N2O3/c1-6-29-23-13-18-15-26-25(19-11-17(4)22(28-5)12-16(19)3)20-9-8-10-27(20)21(18)14-24(23)30-7-2/h8-14,25-26H,6-7,15H2,1-5H3/t25-/m0/s1. The molecular weight excluding hydrogens is 376 g/mol. The molecule has 0 radical (unpaired) electrons. The molecule has 0 aliphatic carbocycles. The Labute approximate surface area is 178 Å². The Kier molecular flexibility index (Phi) is 5.73. The van der Waals surface area contributed by atoms with Gasteiger partial charge in [-0.05, 0) is 74.2 Å². The van der Waals surface area contributed by atoms with Gasteiger partial charge in [-0.15, -0.1) is 0 Å². The smallest absolute Gasteiger partial charge is 0.163 e. The van der Waals surface area contributed by atoms with E-state index in [4.69, 9.17) is 14.2 Å². The summed E-state index contributed by atoms with van der Waals surface area (Å²) in [6, 6.07) is 12.9. The van der Waals surface area contributed by atoms with Crippen molar-refractivity contribution >= 4 is 0 Å². The Bertz CT molecular complexity index is 1050. The Morgan fingerprint density at radius 1 is 0.967 bits per heavy atom. The third-order valence-electron chi connectivity index (χ3n) is 5.67. The zero-order chi connectivity index (χ0) is 21.3. The molecule has 0 fully saturated rings. The summed E-state index contributed by atoms with van der Waals surface area (Å²) in [5.74, 6) is 2.50. The molecular formula is C25H30N2O3. The summed E-state index contributed by atoms with van der Waals surface area (Å²) in [5, 5.41) is 3.76. The Morgan fingerprint density at radius 2 is 1.70 bits per heavy atom. The van der Waals surface area contributed by atoms with E-state index in [9.17, 15) is 0 Å². The molecule has 1 atom stereocenters. The molecule has 0 unspecified atom stereocenters. The minimum absolute atomic E-state index is 0.0723. The fourth-order valence-electron chi connectivity index (χ4n) is 4.27. The molecule has 4 rings (SSSR count). The van der Waals surface area contributed by atoms with Crippen LogP contribution in [-0.4, -0.2) is 24.9 Å². The molecule has 0 amide bonds. The third kappa shape index (κ3) is 3.54. The number of hydrogen-bond donors (Lipinski definition) is 1. The first-order chi connectivity index (χ1) is 14.6. The second-order valence-corrected chi connectivity index (χ2v) is 7.59. The molecule has 2 heterocycles. The van der Waals surface area contributed by atoms with Gasteiger partial charge in [-0.1, -0.05) is 6.07 Å². The highest BCUT2D eigenvalue weighted by Crippen LogP contribution is 2.38. The number of benzene rings is 2. The molecule has 1 aliphatic heterocycles. The maximum Gasteiger partial charge on any atom is 0.163 e. The van der Waals surface area contributed by atoms with E-state index in [0.717, 1.165) is 35.0 Å². The van der Waals surface area contributed by atoms with Crippen LogP contribution < -0.4 is 19.5 Å². The summed E-state index contributed by atoms with van der Waals surface area (Å²) in [5.41, 5.74) is 7.12. The first kappa shape index (κ1) is 20.4. The second-order valence-electron chi connectivity index (χ2n) is 7.59. The number of ether oxygens (including phenoxy) is 3. The third-order valence-corrected chi connectivity index (χ3v) is 5.67. The number of aryl methyl sites for hydroxylation is 2. The largest absolute Gasteiger partial charge is 0.496 e. The summed E-state index contributed by atoms with van der Waals surface area (Å²) in [4.78, 5) is 0. The van der Waals surface area contributed by atoms with E-state index in [-0.39, 0.29) is 6.04 Å². The van der Waals surface area contributed by atoms with Crippen molar-refractivity contribution in [2.24, 2.45) is 0 Å². The van der Waals surface area contributed by atoms with Gasteiger partial charge in [0.05, 0.1) is 32.1 Å². The molecule has 30 heavy (non-hydrogen) atoms. The van der Waals surface area contributed by atoms with Gasteiger partial charge in [0, 0.05) is 24.5 Å². The van der Waals surface area contributed by atoms with Crippen LogP contribution in [0.3, 0.4) is 0 Å². The van der Waals surface area contributed by atoms with Crippen LogP contribution in [0.5, 0.6) is 17.2 Å². The van der Waals surface area contributed by atoms with E-state index in [1.807, 2.05) is 13.8 Å². The van der Waals surface area contributed by atoms with E-state index in [2.05, 4.69) is 66.3 Å². The van der Waals surface area contributed by atoms with Crippen LogP contribution in [0.25, 0.3) is 5.69 Å². The minimum atomic E-state index is 0.0723. The molecule has 3 aromatic rings. The highest BCUT2D eigenvalue weighted by Gasteiger charge is 2.26. The fraction of sp³-hybridized carbons (Fsp3) is 0.360. The molecule has 0 saturated carbocycles. The van der Waals surface area contributed by atoms with Gasteiger partial charge in [0.2, 0.25) is 0 Å². The lowest BCUT2D eigenvalue weighted by molar-refractivity contribution is 0.287. The zero-order valence-corrected chi connectivity index (χ0v) is 18.4. The number of nitrogens with one attached hydrogen (secondary N) is 1. The average Bonchev–Trinajstić information content (AvgIpc) is 3.16. The molecule has 5 heteroatoms. The van der Waals surface area contributed by atoms with E-state index in [1.165, 1.54) is 22.4 Å². The van der Waals surface area contributed by atoms with Gasteiger partial charge >= 0.3 is 0 Å². The van der Waals surface area contributed by atoms with Crippen LogP contribution in [0.15, 0.2) is 42.6 Å². The van der Waals surface area contributed by atoms with Gasteiger partial charge in [0.25, 0.3) is 0 Å². The topological polar surface area (TPSA) is 44.7 Å². The van der Waals surface area contributed by atoms with Crippen molar-refractivity contribution in [2.45, 2.75) is 40.3 Å². The molecule has 1 N–H and O–H groups in total. The van der Waals surface area contributed by atoms with Gasteiger partial charge in [0.1, 0.15) is 5.75 Å². The fourth-order valence-corrected chi connectivity index (χ4v) is 4.27. The highest BCUT2D eigenvalue weighted by atomic mass is 16.5. The molecule has 5 nitrogen and oxygen atoms in total. The lowest BCUT2D eigenvalue weighted by Gasteiger charge is -2.21. The Hall–Kier alpha value is -2.92. The number of nitrogens with zero attached hydrogens (tertiary/aromatic N) is 1. The average molecular weight is 407 g/mol. The summed E-state index contributed by atoms with van der Waals surface area (Å²) in [6.07, 6.45) is 2.12. The summed E-state index contributed by atoms with van der Waals surface area (Å²) in [6.45, 7) is 10.2. The van der Waals surface area contributed by atoms with Crippen LogP contribution in [0, 0.1) is 13.8 Å². The molecule has 0 spiro atoms. The maximum atomic E-state index is 5.89. The quantitative estimate of drug-likeness (QED) is 0.619. The first-order valence-electron chi connectivity index (χ1n) is 10.6. The van der Waals surface area contributed by atoms with E-state index < -0.39 is 0 Å². The summed E-state index contributed by atoms with van der Waals surface area (Å²) in [7, 11) is 1.72. The highest BCUT2D eigenvalue weighted by molar-refractivity contribution is 5.57. The second kappa shape index (κ2) is 8.44. The van der Waals surface area contributed by atoms with Gasteiger partial charge in [-0.2, -0.15) is 0 Å². The van der Waals surface area contributed by atoms with Crippen molar-refractivity contribution < 1.29 is 14.2 Å². The molecule has 2 aromatic carbocycles. The molecule has 1 aromatic heterocycles. The van der Waals surface area contributed by atoms with E-state index in [0.29, 0.717) is 13.2 Å². The van der Waals surface area contributed by atoms with Gasteiger partial charge < -0.3 is 24.1 Å². The number of hydrogen-bond acceptors (Lipinski definition) is 4. The van der Waals surface area contributed by atoms with Crippen molar-refractivity contribution in [3.63, 3.8) is 0 Å². The number of methoxy groups -OCH3 is 1. The Balaban J connectivity index is 1.83. The van der Waals surface area contributed by atoms with Crippen LogP contribution in [0.2, 0.25) is 0 Å².